The van der Waals surface area contributed by atoms with Gasteiger partial charge < -0.3 is 10.1 Å². The molecule has 2 aliphatic rings. The molecule has 6 rings (SSSR count). The Morgan fingerprint density at radius 2 is 1.34 bits per heavy atom. The lowest BCUT2D eigenvalue weighted by molar-refractivity contribution is -0.140. The maximum atomic E-state index is 13.9. The number of esters is 1. The van der Waals surface area contributed by atoms with E-state index in [1.54, 1.807) is 42.5 Å². The molecule has 1 amide bonds. The van der Waals surface area contributed by atoms with Crippen molar-refractivity contribution in [1.82, 2.24) is 5.32 Å². The molecular formula is C32H18ClNO7. The first-order valence-electron chi connectivity index (χ1n) is 12.5. The smallest absolute Gasteiger partial charge is 0.339 e. The number of cyclic esters (lactones) is 1. The third kappa shape index (κ3) is 4.34. The summed E-state index contributed by atoms with van der Waals surface area (Å²) >= 11 is 6.16. The van der Waals surface area contributed by atoms with Crippen LogP contribution in [0.2, 0.25) is 0 Å². The van der Waals surface area contributed by atoms with E-state index in [4.69, 9.17) is 16.3 Å². The first kappa shape index (κ1) is 26.0. The third-order valence-corrected chi connectivity index (χ3v) is 7.51. The molecular weight excluding hydrogens is 546 g/mol. The first-order valence-corrected chi connectivity index (χ1v) is 12.9. The van der Waals surface area contributed by atoms with Gasteiger partial charge in [-0.2, -0.15) is 0 Å². The molecule has 0 saturated heterocycles. The summed E-state index contributed by atoms with van der Waals surface area (Å²) in [5, 5.41) is 3.17. The molecule has 8 nitrogen and oxygen atoms in total. The number of fused-ring (bicyclic) bond motifs is 3. The summed E-state index contributed by atoms with van der Waals surface area (Å²) in [6, 6.07) is 24.2. The molecule has 4 aromatic rings. The Balaban J connectivity index is 1.39. The number of carbonyl (C=O) groups excluding carboxylic acids is 6. The van der Waals surface area contributed by atoms with Gasteiger partial charge in [-0.1, -0.05) is 90.5 Å². The molecule has 1 N–H and O–H groups in total. The Morgan fingerprint density at radius 1 is 0.732 bits per heavy atom. The third-order valence-electron chi connectivity index (χ3n) is 7.15. The molecule has 1 aliphatic carbocycles. The normalized spacial score (nSPS) is 16.6. The second-order valence-corrected chi connectivity index (χ2v) is 9.91. The van der Waals surface area contributed by atoms with Gasteiger partial charge in [-0.05, 0) is 22.9 Å². The minimum Gasteiger partial charge on any atom is -0.453 e. The lowest BCUT2D eigenvalue weighted by Crippen LogP contribution is -2.43. The standard InChI is InChI=1S/C32H18ClNO7/c33-24-25(28(37)20-10-4-3-9-19(20)27(24)36)34-31(39)29(38)23(30-21-11-5-6-12-22(21)32(40)41-30)26(35)18-14-13-16-7-1-2-8-17(16)15-18/h1-15,23,30H,(H,34,39)/t23-,30+/m0/s1. The van der Waals surface area contributed by atoms with E-state index in [9.17, 15) is 28.8 Å². The predicted molar refractivity (Wildman–Crippen MR) is 147 cm³/mol. The van der Waals surface area contributed by atoms with E-state index in [0.717, 1.165) is 10.8 Å². The van der Waals surface area contributed by atoms with Crippen molar-refractivity contribution in [3.05, 3.63) is 130 Å². The lowest BCUT2D eigenvalue weighted by atomic mass is 9.84. The largest absolute Gasteiger partial charge is 0.453 e. The fraction of sp³-hybridized carbons (Fsp3) is 0.0625. The van der Waals surface area contributed by atoms with Crippen molar-refractivity contribution >= 4 is 57.4 Å². The summed E-state index contributed by atoms with van der Waals surface area (Å²) in [5.41, 5.74) is 0.0443. The molecule has 4 aromatic carbocycles. The van der Waals surface area contributed by atoms with Gasteiger partial charge in [0.1, 0.15) is 22.8 Å². The van der Waals surface area contributed by atoms with Crippen LogP contribution in [0, 0.1) is 5.92 Å². The van der Waals surface area contributed by atoms with Gasteiger partial charge in [0.05, 0.1) is 5.56 Å². The monoisotopic (exact) mass is 563 g/mol. The highest BCUT2D eigenvalue weighted by Crippen LogP contribution is 2.38. The van der Waals surface area contributed by atoms with E-state index in [1.165, 1.54) is 36.4 Å². The van der Waals surface area contributed by atoms with Gasteiger partial charge >= 0.3 is 5.97 Å². The summed E-state index contributed by atoms with van der Waals surface area (Å²) in [6.45, 7) is 0. The number of allylic oxidation sites excluding steroid dienone is 2. The molecule has 200 valence electrons. The average molecular weight is 564 g/mol. The number of rotatable bonds is 6. The Morgan fingerprint density at radius 3 is 2.07 bits per heavy atom. The highest BCUT2D eigenvalue weighted by molar-refractivity contribution is 6.51. The minimum absolute atomic E-state index is 0.00656. The van der Waals surface area contributed by atoms with E-state index < -0.39 is 57.8 Å². The van der Waals surface area contributed by atoms with Gasteiger partial charge in [-0.3, -0.25) is 24.0 Å². The number of hydrogen-bond donors (Lipinski definition) is 1. The molecule has 0 bridgehead atoms. The number of ketones is 4. The van der Waals surface area contributed by atoms with Crippen LogP contribution in [-0.4, -0.2) is 35.0 Å². The number of ether oxygens (including phenoxy) is 1. The fourth-order valence-corrected chi connectivity index (χ4v) is 5.35. The number of benzene rings is 4. The zero-order valence-electron chi connectivity index (χ0n) is 21.1. The summed E-state index contributed by atoms with van der Waals surface area (Å²) in [7, 11) is 0. The van der Waals surface area contributed by atoms with Gasteiger partial charge in [-0.15, -0.1) is 0 Å². The van der Waals surface area contributed by atoms with Crippen molar-refractivity contribution in [2.75, 3.05) is 0 Å². The summed E-state index contributed by atoms with van der Waals surface area (Å²) in [4.78, 5) is 79.5. The maximum Gasteiger partial charge on any atom is 0.339 e. The molecule has 1 aliphatic heterocycles. The number of amides is 1. The SMILES string of the molecule is O=C(NC1=C(Cl)C(=O)c2ccccc2C1=O)C(=O)[C@H](C(=O)c1ccc2ccccc2c1)[C@@H]1OC(=O)c2ccccc21. The zero-order valence-corrected chi connectivity index (χ0v) is 21.8. The molecule has 1 heterocycles. The van der Waals surface area contributed by atoms with E-state index in [1.807, 2.05) is 12.1 Å². The van der Waals surface area contributed by atoms with Gasteiger partial charge in [0.2, 0.25) is 17.3 Å². The Bertz CT molecular complexity index is 1890. The van der Waals surface area contributed by atoms with Crippen molar-refractivity contribution < 1.29 is 33.5 Å². The first-order chi connectivity index (χ1) is 19.8. The van der Waals surface area contributed by atoms with Gasteiger partial charge in [-0.25, -0.2) is 4.79 Å². The van der Waals surface area contributed by atoms with E-state index in [0.29, 0.717) is 0 Å². The summed E-state index contributed by atoms with van der Waals surface area (Å²) in [6.07, 6.45) is -1.40. The van der Waals surface area contributed by atoms with Crippen LogP contribution >= 0.6 is 11.6 Å². The molecule has 41 heavy (non-hydrogen) atoms. The lowest BCUT2D eigenvalue weighted by Gasteiger charge is -2.22. The second-order valence-electron chi connectivity index (χ2n) is 9.53. The zero-order chi connectivity index (χ0) is 28.8. The quantitative estimate of drug-likeness (QED) is 0.155. The van der Waals surface area contributed by atoms with Crippen molar-refractivity contribution in [1.29, 1.82) is 0 Å². The van der Waals surface area contributed by atoms with Gasteiger partial charge in [0.25, 0.3) is 5.91 Å². The maximum absolute atomic E-state index is 13.9. The van der Waals surface area contributed by atoms with Crippen LogP contribution < -0.4 is 5.32 Å². The molecule has 2 atom stereocenters. The van der Waals surface area contributed by atoms with E-state index in [2.05, 4.69) is 5.32 Å². The van der Waals surface area contributed by atoms with Crippen LogP contribution in [0.4, 0.5) is 0 Å². The molecule has 0 aromatic heterocycles. The number of halogens is 1. The van der Waals surface area contributed by atoms with E-state index >= 15 is 0 Å². The van der Waals surface area contributed by atoms with Crippen molar-refractivity contribution in [3.8, 4) is 0 Å². The molecule has 0 fully saturated rings. The molecule has 0 spiro atoms. The van der Waals surface area contributed by atoms with Gasteiger partial charge in [0.15, 0.2) is 5.78 Å². The fourth-order valence-electron chi connectivity index (χ4n) is 5.11. The van der Waals surface area contributed by atoms with Gasteiger partial charge in [0, 0.05) is 22.3 Å². The van der Waals surface area contributed by atoms with Crippen LogP contribution in [-0.2, 0) is 14.3 Å². The number of Topliss-reactive ketones (excluding diaryl/α,β-unsaturated/α-hetero) is 4. The molecule has 0 radical (unpaired) electrons. The highest BCUT2D eigenvalue weighted by atomic mass is 35.5. The van der Waals surface area contributed by atoms with Crippen LogP contribution in [0.3, 0.4) is 0 Å². The Hall–Kier alpha value is -5.21. The van der Waals surface area contributed by atoms with Crippen molar-refractivity contribution in [2.24, 2.45) is 5.92 Å². The van der Waals surface area contributed by atoms with Crippen LogP contribution in [0.15, 0.2) is 102 Å². The summed E-state index contributed by atoms with van der Waals surface area (Å²) < 4.78 is 5.47. The Kier molecular flexibility index (Phi) is 6.40. The minimum atomic E-state index is -1.79. The second kappa shape index (κ2) is 10.1. The topological polar surface area (TPSA) is 124 Å². The van der Waals surface area contributed by atoms with E-state index in [-0.39, 0.29) is 27.8 Å². The van der Waals surface area contributed by atoms with Crippen molar-refractivity contribution in [2.45, 2.75) is 6.10 Å². The number of carbonyl (C=O) groups is 6. The number of nitrogens with one attached hydrogen (secondary N) is 1. The molecule has 0 saturated carbocycles. The predicted octanol–water partition coefficient (Wildman–Crippen LogP) is 4.77. The van der Waals surface area contributed by atoms with Crippen molar-refractivity contribution in [3.63, 3.8) is 0 Å². The molecule has 9 heteroatoms. The summed E-state index contributed by atoms with van der Waals surface area (Å²) in [5.74, 6) is -7.39. The number of hydrogen-bond acceptors (Lipinski definition) is 7. The van der Waals surface area contributed by atoms with Crippen LogP contribution in [0.1, 0.15) is 53.1 Å². The van der Waals surface area contributed by atoms with Crippen LogP contribution in [0.5, 0.6) is 0 Å². The highest BCUT2D eigenvalue weighted by Gasteiger charge is 2.47. The van der Waals surface area contributed by atoms with Crippen LogP contribution in [0.25, 0.3) is 10.8 Å². The Labute approximate surface area is 237 Å². The molecule has 0 unspecified atom stereocenters. The average Bonchev–Trinajstić information content (AvgIpc) is 3.33.